The lowest BCUT2D eigenvalue weighted by molar-refractivity contribution is -0.127. The maximum atomic E-state index is 11.4. The zero-order chi connectivity index (χ0) is 7.19. The highest BCUT2D eigenvalue weighted by atomic mass is 16.1. The summed E-state index contributed by atoms with van der Waals surface area (Å²) in [6, 6.07) is 0. The van der Waals surface area contributed by atoms with Crippen LogP contribution in [0, 0.1) is 11.3 Å². The van der Waals surface area contributed by atoms with Gasteiger partial charge in [-0.1, -0.05) is 6.92 Å². The number of fused-ring (bicyclic) bond motifs is 2. The number of Topliss-reactive ketones (excluding diaryl/α,β-unsaturated/α-hetero) is 1. The van der Waals surface area contributed by atoms with Crippen molar-refractivity contribution in [2.45, 2.75) is 39.0 Å². The third-order valence-electron chi connectivity index (χ3n) is 3.45. The Labute approximate surface area is 61.8 Å². The van der Waals surface area contributed by atoms with Crippen LogP contribution in [-0.2, 0) is 4.79 Å². The molecule has 0 unspecified atom stereocenters. The molecule has 2 atom stereocenters. The molecule has 56 valence electrons. The van der Waals surface area contributed by atoms with Crippen LogP contribution in [0.3, 0.4) is 0 Å². The van der Waals surface area contributed by atoms with Crippen LogP contribution in [0.2, 0.25) is 0 Å². The molecule has 1 nitrogen and oxygen atoms in total. The second kappa shape index (κ2) is 1.84. The van der Waals surface area contributed by atoms with Crippen LogP contribution in [0.15, 0.2) is 0 Å². The molecular formula is C9H14O. The molecule has 2 fully saturated rings. The molecule has 10 heavy (non-hydrogen) atoms. The molecule has 0 N–H and O–H groups in total. The zero-order valence-electron chi connectivity index (χ0n) is 6.52. The largest absolute Gasteiger partial charge is 0.299 e. The quantitative estimate of drug-likeness (QED) is 0.542. The van der Waals surface area contributed by atoms with Crippen LogP contribution in [0.1, 0.15) is 39.0 Å². The molecule has 0 heterocycles. The average Bonchev–Trinajstić information content (AvgIpc) is 2.44. The van der Waals surface area contributed by atoms with Crippen LogP contribution in [0.25, 0.3) is 0 Å². The smallest absolute Gasteiger partial charge is 0.139 e. The molecule has 2 rings (SSSR count). The Bertz CT molecular complexity index is 174. The number of hydrogen-bond donors (Lipinski definition) is 0. The van der Waals surface area contributed by atoms with Crippen molar-refractivity contribution in [1.82, 2.24) is 0 Å². The van der Waals surface area contributed by atoms with Gasteiger partial charge in [0.05, 0.1) is 0 Å². The minimum Gasteiger partial charge on any atom is -0.299 e. The highest BCUT2D eigenvalue weighted by Crippen LogP contribution is 2.53. The zero-order valence-corrected chi connectivity index (χ0v) is 6.52. The van der Waals surface area contributed by atoms with Crippen molar-refractivity contribution in [3.05, 3.63) is 0 Å². The molecule has 0 aromatic rings. The van der Waals surface area contributed by atoms with Gasteiger partial charge in [0, 0.05) is 11.8 Å². The van der Waals surface area contributed by atoms with Crippen molar-refractivity contribution < 1.29 is 4.79 Å². The molecule has 0 aromatic carbocycles. The number of carbonyl (C=O) groups is 1. The SMILES string of the molecule is CC[C@@]12CC[C@@H](CC1=O)C2. The van der Waals surface area contributed by atoms with Crippen LogP contribution in [-0.4, -0.2) is 5.78 Å². The van der Waals surface area contributed by atoms with Gasteiger partial charge in [0.15, 0.2) is 0 Å². The molecule has 0 amide bonds. The van der Waals surface area contributed by atoms with Crippen molar-refractivity contribution in [3.8, 4) is 0 Å². The highest BCUT2D eigenvalue weighted by molar-refractivity contribution is 5.88. The topological polar surface area (TPSA) is 17.1 Å². The summed E-state index contributed by atoms with van der Waals surface area (Å²) in [6.45, 7) is 2.16. The first-order valence-electron chi connectivity index (χ1n) is 4.30. The van der Waals surface area contributed by atoms with Crippen molar-refractivity contribution >= 4 is 5.78 Å². The fourth-order valence-corrected chi connectivity index (χ4v) is 2.66. The van der Waals surface area contributed by atoms with E-state index in [-0.39, 0.29) is 5.41 Å². The number of ketones is 1. The lowest BCUT2D eigenvalue weighted by Crippen LogP contribution is -2.23. The maximum Gasteiger partial charge on any atom is 0.139 e. The summed E-state index contributed by atoms with van der Waals surface area (Å²) in [6.07, 6.45) is 5.70. The lowest BCUT2D eigenvalue weighted by Gasteiger charge is -2.22. The van der Waals surface area contributed by atoms with E-state index in [9.17, 15) is 4.79 Å². The molecule has 0 saturated heterocycles. The lowest BCUT2D eigenvalue weighted by atomic mass is 9.81. The van der Waals surface area contributed by atoms with Gasteiger partial charge in [-0.3, -0.25) is 4.79 Å². The van der Waals surface area contributed by atoms with Gasteiger partial charge in [0.2, 0.25) is 0 Å². The molecule has 0 aromatic heterocycles. The van der Waals surface area contributed by atoms with Crippen molar-refractivity contribution in [2.24, 2.45) is 11.3 Å². The third kappa shape index (κ3) is 0.609. The normalized spacial score (nSPS) is 44.9. The van der Waals surface area contributed by atoms with Crippen LogP contribution >= 0.6 is 0 Å². The molecular weight excluding hydrogens is 124 g/mol. The van der Waals surface area contributed by atoms with E-state index < -0.39 is 0 Å². The first-order chi connectivity index (χ1) is 4.77. The van der Waals surface area contributed by atoms with Gasteiger partial charge in [-0.2, -0.15) is 0 Å². The average molecular weight is 138 g/mol. The molecule has 1 heteroatoms. The van der Waals surface area contributed by atoms with Crippen LogP contribution < -0.4 is 0 Å². The Morgan fingerprint density at radius 3 is 2.80 bits per heavy atom. The molecule has 2 aliphatic carbocycles. The second-order valence-electron chi connectivity index (χ2n) is 3.87. The van der Waals surface area contributed by atoms with Gasteiger partial charge in [-0.05, 0) is 31.6 Å². The predicted octanol–water partition coefficient (Wildman–Crippen LogP) is 2.16. The molecule has 2 aliphatic rings. The summed E-state index contributed by atoms with van der Waals surface area (Å²) in [5, 5.41) is 0. The fraction of sp³-hybridized carbons (Fsp3) is 0.889. The van der Waals surface area contributed by atoms with Crippen molar-refractivity contribution in [2.75, 3.05) is 0 Å². The number of hydrogen-bond acceptors (Lipinski definition) is 1. The standard InChI is InChI=1S/C9H14O/c1-2-9-4-3-7(6-9)5-8(9)10/h7H,2-6H2,1H3/t7-,9-/m0/s1. The Morgan fingerprint density at radius 2 is 2.50 bits per heavy atom. The summed E-state index contributed by atoms with van der Waals surface area (Å²) in [5.41, 5.74) is 0.171. The van der Waals surface area contributed by atoms with Gasteiger partial charge < -0.3 is 0 Å². The molecule has 0 aliphatic heterocycles. The van der Waals surface area contributed by atoms with E-state index in [0.29, 0.717) is 5.78 Å². The highest BCUT2D eigenvalue weighted by Gasteiger charge is 2.49. The molecule has 0 spiro atoms. The van der Waals surface area contributed by atoms with E-state index in [0.717, 1.165) is 18.8 Å². The van der Waals surface area contributed by atoms with Gasteiger partial charge in [0.25, 0.3) is 0 Å². The Morgan fingerprint density at radius 1 is 1.70 bits per heavy atom. The molecule has 2 bridgehead atoms. The van der Waals surface area contributed by atoms with Crippen molar-refractivity contribution in [1.29, 1.82) is 0 Å². The van der Waals surface area contributed by atoms with E-state index in [2.05, 4.69) is 6.92 Å². The Balaban J connectivity index is 2.27. The van der Waals surface area contributed by atoms with Gasteiger partial charge in [0.1, 0.15) is 5.78 Å². The Hall–Kier alpha value is -0.330. The van der Waals surface area contributed by atoms with Crippen molar-refractivity contribution in [3.63, 3.8) is 0 Å². The minimum absolute atomic E-state index is 0.171. The monoisotopic (exact) mass is 138 g/mol. The molecule has 2 saturated carbocycles. The first-order valence-corrected chi connectivity index (χ1v) is 4.30. The number of carbonyl (C=O) groups excluding carboxylic acids is 1. The van der Waals surface area contributed by atoms with Gasteiger partial charge >= 0.3 is 0 Å². The van der Waals surface area contributed by atoms with Crippen LogP contribution in [0.5, 0.6) is 0 Å². The Kier molecular flexibility index (Phi) is 1.17. The van der Waals surface area contributed by atoms with Crippen LogP contribution in [0.4, 0.5) is 0 Å². The number of rotatable bonds is 1. The summed E-state index contributed by atoms with van der Waals surface area (Å²) < 4.78 is 0. The summed E-state index contributed by atoms with van der Waals surface area (Å²) >= 11 is 0. The summed E-state index contributed by atoms with van der Waals surface area (Å²) in [7, 11) is 0. The predicted molar refractivity (Wildman–Crippen MR) is 39.7 cm³/mol. The van der Waals surface area contributed by atoms with Gasteiger partial charge in [-0.25, -0.2) is 0 Å². The first kappa shape index (κ1) is 6.38. The minimum atomic E-state index is 0.171. The maximum absolute atomic E-state index is 11.4. The summed E-state index contributed by atoms with van der Waals surface area (Å²) in [4.78, 5) is 11.4. The molecule has 0 radical (unpaired) electrons. The van der Waals surface area contributed by atoms with E-state index in [4.69, 9.17) is 0 Å². The van der Waals surface area contributed by atoms with E-state index in [1.54, 1.807) is 0 Å². The second-order valence-corrected chi connectivity index (χ2v) is 3.87. The third-order valence-corrected chi connectivity index (χ3v) is 3.45. The van der Waals surface area contributed by atoms with E-state index in [1.807, 2.05) is 0 Å². The summed E-state index contributed by atoms with van der Waals surface area (Å²) in [5.74, 6) is 1.33. The fourth-order valence-electron chi connectivity index (χ4n) is 2.66. The van der Waals surface area contributed by atoms with E-state index >= 15 is 0 Å². The van der Waals surface area contributed by atoms with E-state index in [1.165, 1.54) is 19.3 Å². The van der Waals surface area contributed by atoms with Gasteiger partial charge in [-0.15, -0.1) is 0 Å².